The average Bonchev–Trinajstić information content (AvgIpc) is 2.97. The highest BCUT2D eigenvalue weighted by molar-refractivity contribution is 5.94. The molecule has 2 aromatic carbocycles. The Bertz CT molecular complexity index is 807. The summed E-state index contributed by atoms with van der Waals surface area (Å²) in [5, 5.41) is 1.15. The van der Waals surface area contributed by atoms with Crippen LogP contribution in [0.25, 0.3) is 10.9 Å². The van der Waals surface area contributed by atoms with E-state index in [4.69, 9.17) is 4.74 Å². The molecule has 1 aromatic heterocycles. The summed E-state index contributed by atoms with van der Waals surface area (Å²) in [4.78, 5) is 17.5. The molecule has 0 aliphatic rings. The first-order valence-corrected chi connectivity index (χ1v) is 7.13. The number of nitrogens with one attached hydrogen (secondary N) is 1. The van der Waals surface area contributed by atoms with E-state index in [1.807, 2.05) is 43.6 Å². The lowest BCUT2D eigenvalue weighted by atomic mass is 10.1. The van der Waals surface area contributed by atoms with Crippen molar-refractivity contribution in [1.82, 2.24) is 9.88 Å². The molecule has 0 atom stereocenters. The molecular formula is C18H18N2O2. The fourth-order valence-electron chi connectivity index (χ4n) is 2.57. The molecule has 22 heavy (non-hydrogen) atoms. The van der Waals surface area contributed by atoms with Crippen LogP contribution < -0.4 is 4.74 Å². The normalized spacial score (nSPS) is 10.6. The molecule has 1 N–H and O–H groups in total. The first-order chi connectivity index (χ1) is 10.7. The number of aromatic nitrogens is 1. The van der Waals surface area contributed by atoms with Gasteiger partial charge in [-0.05, 0) is 29.8 Å². The third kappa shape index (κ3) is 2.68. The number of nitrogens with zero attached hydrogens (tertiary/aromatic N) is 1. The fraction of sp³-hybridized carbons (Fsp3) is 0.167. The lowest BCUT2D eigenvalue weighted by Crippen LogP contribution is -2.26. The summed E-state index contributed by atoms with van der Waals surface area (Å²) < 4.78 is 5.17. The van der Waals surface area contributed by atoms with Crippen molar-refractivity contribution in [3.63, 3.8) is 0 Å². The zero-order valence-electron chi connectivity index (χ0n) is 12.7. The maximum atomic E-state index is 12.5. The van der Waals surface area contributed by atoms with Gasteiger partial charge in [-0.25, -0.2) is 0 Å². The predicted molar refractivity (Wildman–Crippen MR) is 87.1 cm³/mol. The molecule has 0 aliphatic carbocycles. The number of rotatable bonds is 4. The van der Waals surface area contributed by atoms with E-state index in [1.54, 1.807) is 24.1 Å². The summed E-state index contributed by atoms with van der Waals surface area (Å²) in [5.41, 5.74) is 2.82. The van der Waals surface area contributed by atoms with Gasteiger partial charge >= 0.3 is 0 Å². The van der Waals surface area contributed by atoms with E-state index < -0.39 is 0 Å². The Hall–Kier alpha value is -2.75. The molecule has 1 amide bonds. The Morgan fingerprint density at radius 1 is 1.18 bits per heavy atom. The molecule has 0 unspecified atom stereocenters. The minimum Gasteiger partial charge on any atom is -0.497 e. The van der Waals surface area contributed by atoms with Crippen LogP contribution in [0.3, 0.4) is 0 Å². The highest BCUT2D eigenvalue weighted by atomic mass is 16.5. The number of hydrogen-bond acceptors (Lipinski definition) is 2. The maximum absolute atomic E-state index is 12.5. The van der Waals surface area contributed by atoms with E-state index in [9.17, 15) is 4.79 Å². The smallest absolute Gasteiger partial charge is 0.254 e. The maximum Gasteiger partial charge on any atom is 0.254 e. The van der Waals surface area contributed by atoms with E-state index in [2.05, 4.69) is 11.1 Å². The van der Waals surface area contributed by atoms with E-state index in [1.165, 1.54) is 0 Å². The standard InChI is InChI=1S/C18H18N2O2/c1-20(18(21)13-6-5-7-15(10-13)22-2)12-14-11-19-17-9-4-3-8-16(14)17/h3-11,19H,12H2,1-2H3. The molecule has 0 saturated carbocycles. The molecule has 3 rings (SSSR count). The predicted octanol–water partition coefficient (Wildman–Crippen LogP) is 3.45. The molecular weight excluding hydrogens is 276 g/mol. The third-order valence-electron chi connectivity index (χ3n) is 3.75. The number of amides is 1. The van der Waals surface area contributed by atoms with Gasteiger partial charge in [0, 0.05) is 36.3 Å². The van der Waals surface area contributed by atoms with Crippen molar-refractivity contribution in [2.75, 3.05) is 14.2 Å². The van der Waals surface area contributed by atoms with E-state index in [-0.39, 0.29) is 5.91 Å². The second-order valence-corrected chi connectivity index (χ2v) is 5.25. The van der Waals surface area contributed by atoms with Crippen molar-refractivity contribution in [3.8, 4) is 5.75 Å². The number of hydrogen-bond donors (Lipinski definition) is 1. The molecule has 0 spiro atoms. The van der Waals surface area contributed by atoms with Gasteiger partial charge in [-0.1, -0.05) is 24.3 Å². The van der Waals surface area contributed by atoms with Gasteiger partial charge in [0.05, 0.1) is 7.11 Å². The topological polar surface area (TPSA) is 45.3 Å². The van der Waals surface area contributed by atoms with Crippen molar-refractivity contribution in [3.05, 3.63) is 65.9 Å². The third-order valence-corrected chi connectivity index (χ3v) is 3.75. The van der Waals surface area contributed by atoms with Crippen molar-refractivity contribution < 1.29 is 9.53 Å². The van der Waals surface area contributed by atoms with Gasteiger partial charge in [-0.2, -0.15) is 0 Å². The second-order valence-electron chi connectivity index (χ2n) is 5.25. The van der Waals surface area contributed by atoms with Gasteiger partial charge in [0.2, 0.25) is 0 Å². The summed E-state index contributed by atoms with van der Waals surface area (Å²) in [6, 6.07) is 15.3. The van der Waals surface area contributed by atoms with Crippen molar-refractivity contribution >= 4 is 16.8 Å². The van der Waals surface area contributed by atoms with Crippen LogP contribution >= 0.6 is 0 Å². The van der Waals surface area contributed by atoms with Gasteiger partial charge in [0.1, 0.15) is 5.75 Å². The largest absolute Gasteiger partial charge is 0.497 e. The Morgan fingerprint density at radius 2 is 2.00 bits per heavy atom. The summed E-state index contributed by atoms with van der Waals surface area (Å²) in [7, 11) is 3.41. The summed E-state index contributed by atoms with van der Waals surface area (Å²) in [6.45, 7) is 0.556. The number of carbonyl (C=O) groups excluding carboxylic acids is 1. The Balaban J connectivity index is 1.81. The Morgan fingerprint density at radius 3 is 2.82 bits per heavy atom. The van der Waals surface area contributed by atoms with Crippen LogP contribution in [0, 0.1) is 0 Å². The van der Waals surface area contributed by atoms with Crippen LogP contribution in [-0.2, 0) is 6.54 Å². The number of H-pyrrole nitrogens is 1. The zero-order valence-corrected chi connectivity index (χ0v) is 12.7. The molecule has 3 aromatic rings. The number of methoxy groups -OCH3 is 1. The minimum absolute atomic E-state index is 0.0239. The summed E-state index contributed by atoms with van der Waals surface area (Å²) >= 11 is 0. The number of ether oxygens (including phenoxy) is 1. The van der Waals surface area contributed by atoms with Gasteiger partial charge in [0.15, 0.2) is 0 Å². The number of aromatic amines is 1. The van der Waals surface area contributed by atoms with Crippen molar-refractivity contribution in [2.45, 2.75) is 6.54 Å². The molecule has 0 radical (unpaired) electrons. The van der Waals surface area contributed by atoms with Gasteiger partial charge < -0.3 is 14.6 Å². The lowest BCUT2D eigenvalue weighted by molar-refractivity contribution is 0.0785. The van der Waals surface area contributed by atoms with E-state index in [0.29, 0.717) is 17.9 Å². The highest BCUT2D eigenvalue weighted by Crippen LogP contribution is 2.20. The zero-order chi connectivity index (χ0) is 15.5. The van der Waals surface area contributed by atoms with Gasteiger partial charge in [-0.3, -0.25) is 4.79 Å². The highest BCUT2D eigenvalue weighted by Gasteiger charge is 2.14. The number of fused-ring (bicyclic) bond motifs is 1. The number of benzene rings is 2. The molecule has 1 heterocycles. The van der Waals surface area contributed by atoms with Gasteiger partial charge in [-0.15, -0.1) is 0 Å². The van der Waals surface area contributed by atoms with Crippen LogP contribution in [0.1, 0.15) is 15.9 Å². The summed E-state index contributed by atoms with van der Waals surface area (Å²) in [5.74, 6) is 0.663. The van der Waals surface area contributed by atoms with Crippen LogP contribution in [0.4, 0.5) is 0 Å². The minimum atomic E-state index is -0.0239. The molecule has 0 bridgehead atoms. The van der Waals surface area contributed by atoms with Crippen molar-refractivity contribution in [1.29, 1.82) is 0 Å². The van der Waals surface area contributed by atoms with E-state index >= 15 is 0 Å². The van der Waals surface area contributed by atoms with Crippen LogP contribution in [0.5, 0.6) is 5.75 Å². The van der Waals surface area contributed by atoms with Crippen LogP contribution in [0.15, 0.2) is 54.7 Å². The molecule has 4 nitrogen and oxygen atoms in total. The SMILES string of the molecule is COc1cccc(C(=O)N(C)Cc2c[nH]c3ccccc23)c1. The Labute approximate surface area is 129 Å². The van der Waals surface area contributed by atoms with Gasteiger partial charge in [0.25, 0.3) is 5.91 Å². The first-order valence-electron chi connectivity index (χ1n) is 7.13. The monoisotopic (exact) mass is 294 g/mol. The van der Waals surface area contributed by atoms with Crippen LogP contribution in [0.2, 0.25) is 0 Å². The average molecular weight is 294 g/mol. The number of para-hydroxylation sites is 1. The first kappa shape index (κ1) is 14.2. The van der Waals surface area contributed by atoms with E-state index in [0.717, 1.165) is 16.5 Å². The van der Waals surface area contributed by atoms with Crippen LogP contribution in [-0.4, -0.2) is 29.9 Å². The lowest BCUT2D eigenvalue weighted by Gasteiger charge is -2.17. The quantitative estimate of drug-likeness (QED) is 0.801. The number of carbonyl (C=O) groups is 1. The molecule has 0 saturated heterocycles. The molecule has 112 valence electrons. The molecule has 0 aliphatic heterocycles. The Kier molecular flexibility index (Phi) is 3.83. The molecule has 4 heteroatoms. The summed E-state index contributed by atoms with van der Waals surface area (Å²) in [6.07, 6.45) is 1.96. The second kappa shape index (κ2) is 5.93. The van der Waals surface area contributed by atoms with Crippen molar-refractivity contribution in [2.24, 2.45) is 0 Å². The molecule has 0 fully saturated rings. The fourth-order valence-corrected chi connectivity index (χ4v) is 2.57.